The fourth-order valence-corrected chi connectivity index (χ4v) is 1.80. The molecule has 0 saturated heterocycles. The van der Waals surface area contributed by atoms with Gasteiger partial charge in [0.05, 0.1) is 12.4 Å². The quantitative estimate of drug-likeness (QED) is 0.841. The third-order valence-electron chi connectivity index (χ3n) is 2.58. The van der Waals surface area contributed by atoms with Gasteiger partial charge in [-0.15, -0.1) is 0 Å². The normalized spacial score (nSPS) is 14.7. The Morgan fingerprint density at radius 1 is 1.44 bits per heavy atom. The maximum Gasteiger partial charge on any atom is 0.119 e. The molecule has 3 heteroatoms. The molecular formula is C13H18N2O. The summed E-state index contributed by atoms with van der Waals surface area (Å²) >= 11 is 0. The third-order valence-corrected chi connectivity index (χ3v) is 2.58. The lowest BCUT2D eigenvalue weighted by atomic mass is 10.2. The summed E-state index contributed by atoms with van der Waals surface area (Å²) in [4.78, 5) is 4.38. The van der Waals surface area contributed by atoms with Crippen LogP contribution in [-0.4, -0.2) is 19.0 Å². The summed E-state index contributed by atoms with van der Waals surface area (Å²) in [6, 6.07) is 8.19. The summed E-state index contributed by atoms with van der Waals surface area (Å²) in [5, 5.41) is 3.36. The van der Waals surface area contributed by atoms with Gasteiger partial charge in [0.1, 0.15) is 5.75 Å². The highest BCUT2D eigenvalue weighted by Crippen LogP contribution is 2.13. The molecule has 0 saturated carbocycles. The van der Waals surface area contributed by atoms with Crippen LogP contribution in [0, 0.1) is 0 Å². The van der Waals surface area contributed by atoms with Crippen LogP contribution in [0.5, 0.6) is 5.75 Å². The first-order valence-electron chi connectivity index (χ1n) is 5.87. The van der Waals surface area contributed by atoms with Crippen molar-refractivity contribution >= 4 is 5.84 Å². The van der Waals surface area contributed by atoms with Gasteiger partial charge >= 0.3 is 0 Å². The van der Waals surface area contributed by atoms with Gasteiger partial charge in [-0.05, 0) is 31.0 Å². The largest absolute Gasteiger partial charge is 0.494 e. The highest BCUT2D eigenvalue weighted by Gasteiger charge is 2.05. The first-order chi connectivity index (χ1) is 7.88. The summed E-state index contributed by atoms with van der Waals surface area (Å²) in [6.45, 7) is 4.52. The van der Waals surface area contributed by atoms with Crippen molar-refractivity contribution in [2.45, 2.75) is 26.3 Å². The van der Waals surface area contributed by atoms with Crippen LogP contribution in [0.25, 0.3) is 0 Å². The zero-order chi connectivity index (χ0) is 11.2. The third kappa shape index (κ3) is 2.99. The molecule has 0 fully saturated rings. The zero-order valence-electron chi connectivity index (χ0n) is 9.70. The van der Waals surface area contributed by atoms with Crippen molar-refractivity contribution in [3.05, 3.63) is 29.8 Å². The Bertz CT molecular complexity index is 374. The monoisotopic (exact) mass is 218 g/mol. The SMILES string of the molecule is CCOc1cccc(CNC2=NCCC2)c1. The molecule has 86 valence electrons. The molecule has 1 heterocycles. The predicted octanol–water partition coefficient (Wildman–Crippen LogP) is 2.37. The van der Waals surface area contributed by atoms with E-state index in [4.69, 9.17) is 4.74 Å². The van der Waals surface area contributed by atoms with Crippen molar-refractivity contribution in [3.8, 4) is 5.75 Å². The smallest absolute Gasteiger partial charge is 0.119 e. The lowest BCUT2D eigenvalue weighted by Crippen LogP contribution is -2.20. The minimum Gasteiger partial charge on any atom is -0.494 e. The van der Waals surface area contributed by atoms with Crippen LogP contribution in [0.3, 0.4) is 0 Å². The highest BCUT2D eigenvalue weighted by molar-refractivity contribution is 5.83. The zero-order valence-corrected chi connectivity index (χ0v) is 9.70. The number of amidine groups is 1. The maximum absolute atomic E-state index is 5.46. The topological polar surface area (TPSA) is 33.6 Å². The van der Waals surface area contributed by atoms with E-state index in [0.717, 1.165) is 31.1 Å². The van der Waals surface area contributed by atoms with E-state index in [1.807, 2.05) is 19.1 Å². The van der Waals surface area contributed by atoms with Crippen molar-refractivity contribution in [2.24, 2.45) is 4.99 Å². The molecule has 1 aliphatic heterocycles. The van der Waals surface area contributed by atoms with Gasteiger partial charge in [-0.25, -0.2) is 0 Å². The van der Waals surface area contributed by atoms with Crippen molar-refractivity contribution in [3.63, 3.8) is 0 Å². The average molecular weight is 218 g/mol. The van der Waals surface area contributed by atoms with E-state index in [1.165, 1.54) is 12.0 Å². The Morgan fingerprint density at radius 2 is 2.38 bits per heavy atom. The molecule has 16 heavy (non-hydrogen) atoms. The van der Waals surface area contributed by atoms with E-state index in [-0.39, 0.29) is 0 Å². The average Bonchev–Trinajstić information content (AvgIpc) is 2.80. The molecule has 1 aromatic rings. The van der Waals surface area contributed by atoms with Gasteiger partial charge in [0, 0.05) is 19.5 Å². The second kappa shape index (κ2) is 5.54. The van der Waals surface area contributed by atoms with E-state index in [1.54, 1.807) is 0 Å². The van der Waals surface area contributed by atoms with Crippen molar-refractivity contribution in [1.29, 1.82) is 0 Å². The Labute approximate surface area is 96.5 Å². The van der Waals surface area contributed by atoms with Gasteiger partial charge in [-0.2, -0.15) is 0 Å². The molecule has 0 spiro atoms. The number of aliphatic imine (C=N–C) groups is 1. The minimum atomic E-state index is 0.712. The number of rotatable bonds is 4. The van der Waals surface area contributed by atoms with E-state index < -0.39 is 0 Å². The van der Waals surface area contributed by atoms with Gasteiger partial charge in [-0.3, -0.25) is 4.99 Å². The maximum atomic E-state index is 5.46. The molecule has 0 aromatic heterocycles. The fraction of sp³-hybridized carbons (Fsp3) is 0.462. The molecular weight excluding hydrogens is 200 g/mol. The van der Waals surface area contributed by atoms with Crippen LogP contribution in [0.4, 0.5) is 0 Å². The van der Waals surface area contributed by atoms with Gasteiger partial charge in [0.2, 0.25) is 0 Å². The summed E-state index contributed by atoms with van der Waals surface area (Å²) in [7, 11) is 0. The van der Waals surface area contributed by atoms with E-state index in [9.17, 15) is 0 Å². The minimum absolute atomic E-state index is 0.712. The number of ether oxygens (including phenoxy) is 1. The van der Waals surface area contributed by atoms with Crippen LogP contribution >= 0.6 is 0 Å². The molecule has 1 aliphatic rings. The van der Waals surface area contributed by atoms with Crippen molar-refractivity contribution < 1.29 is 4.74 Å². The molecule has 1 N–H and O–H groups in total. The van der Waals surface area contributed by atoms with E-state index in [0.29, 0.717) is 6.61 Å². The summed E-state index contributed by atoms with van der Waals surface area (Å²) < 4.78 is 5.46. The predicted molar refractivity (Wildman–Crippen MR) is 66.0 cm³/mol. The Balaban J connectivity index is 1.90. The highest BCUT2D eigenvalue weighted by atomic mass is 16.5. The Kier molecular flexibility index (Phi) is 3.81. The van der Waals surface area contributed by atoms with Crippen LogP contribution in [0.2, 0.25) is 0 Å². The number of benzene rings is 1. The van der Waals surface area contributed by atoms with Crippen LogP contribution in [0.15, 0.2) is 29.3 Å². The first kappa shape index (κ1) is 11.0. The number of nitrogens with zero attached hydrogens (tertiary/aromatic N) is 1. The Hall–Kier alpha value is -1.51. The summed E-state index contributed by atoms with van der Waals surface area (Å²) in [5.74, 6) is 2.08. The van der Waals surface area contributed by atoms with Gasteiger partial charge < -0.3 is 10.1 Å². The number of hydrogen-bond donors (Lipinski definition) is 1. The first-order valence-corrected chi connectivity index (χ1v) is 5.87. The lowest BCUT2D eigenvalue weighted by molar-refractivity contribution is 0.340. The molecule has 0 unspecified atom stereocenters. The van der Waals surface area contributed by atoms with Gasteiger partial charge in [-0.1, -0.05) is 12.1 Å². The molecule has 3 nitrogen and oxygen atoms in total. The molecule has 0 atom stereocenters. The molecule has 1 aromatic carbocycles. The van der Waals surface area contributed by atoms with Crippen LogP contribution in [-0.2, 0) is 6.54 Å². The van der Waals surface area contributed by atoms with Crippen LogP contribution in [0.1, 0.15) is 25.3 Å². The fourth-order valence-electron chi connectivity index (χ4n) is 1.80. The summed E-state index contributed by atoms with van der Waals surface area (Å²) in [6.07, 6.45) is 2.27. The molecule has 0 aliphatic carbocycles. The van der Waals surface area contributed by atoms with E-state index >= 15 is 0 Å². The van der Waals surface area contributed by atoms with Gasteiger partial charge in [0.15, 0.2) is 0 Å². The molecule has 2 rings (SSSR count). The van der Waals surface area contributed by atoms with Crippen molar-refractivity contribution in [1.82, 2.24) is 5.32 Å². The Morgan fingerprint density at radius 3 is 3.12 bits per heavy atom. The standard InChI is InChI=1S/C13H18N2O/c1-2-16-12-6-3-5-11(9-12)10-15-13-7-4-8-14-13/h3,5-6,9H,2,4,7-8,10H2,1H3,(H,14,15). The van der Waals surface area contributed by atoms with Crippen molar-refractivity contribution in [2.75, 3.05) is 13.2 Å². The number of hydrogen-bond acceptors (Lipinski definition) is 3. The molecule has 0 amide bonds. The lowest BCUT2D eigenvalue weighted by Gasteiger charge is -2.08. The molecule has 0 bridgehead atoms. The second-order valence-corrected chi connectivity index (χ2v) is 3.87. The summed E-state index contributed by atoms with van der Waals surface area (Å²) in [5.41, 5.74) is 1.24. The molecule has 0 radical (unpaired) electrons. The van der Waals surface area contributed by atoms with Gasteiger partial charge in [0.25, 0.3) is 0 Å². The number of nitrogens with one attached hydrogen (secondary N) is 1. The van der Waals surface area contributed by atoms with Crippen LogP contribution < -0.4 is 10.1 Å². The second-order valence-electron chi connectivity index (χ2n) is 3.87. The van der Waals surface area contributed by atoms with E-state index in [2.05, 4.69) is 22.4 Å².